The lowest BCUT2D eigenvalue weighted by Gasteiger charge is -2.26. The Labute approximate surface area is 201 Å². The Hall–Kier alpha value is -2.18. The monoisotopic (exact) mass is 507 g/mol. The average Bonchev–Trinajstić information content (AvgIpc) is 3.21. The zero-order valence-corrected chi connectivity index (χ0v) is 20.8. The first-order chi connectivity index (χ1) is 15.9. The molecule has 1 amide bonds. The number of amides is 1. The van der Waals surface area contributed by atoms with E-state index in [0.29, 0.717) is 38.6 Å². The molecule has 0 bridgehead atoms. The number of nitrogens with zero attached hydrogens (tertiary/aromatic N) is 2. The van der Waals surface area contributed by atoms with E-state index in [2.05, 4.69) is 10.3 Å². The standard InChI is InChI=1S/C22H25N3O5S3/c1-3-30-17-7-8-19-20(14-17)32-22(24-19)31-15(2)21(26)23-16-5-4-6-18(13-16)33(27,28)25-9-11-29-12-10-25/h4-8,13-15H,3,9-12H2,1-2H3,(H,23,26)/t15-/m0/s1. The molecule has 0 radical (unpaired) electrons. The van der Waals surface area contributed by atoms with Gasteiger partial charge in [0.1, 0.15) is 5.75 Å². The predicted molar refractivity (Wildman–Crippen MR) is 131 cm³/mol. The smallest absolute Gasteiger partial charge is 0.243 e. The normalized spacial score (nSPS) is 15.9. The molecule has 1 aromatic heterocycles. The van der Waals surface area contributed by atoms with Gasteiger partial charge in [-0.05, 0) is 50.2 Å². The van der Waals surface area contributed by atoms with E-state index in [1.807, 2.05) is 25.1 Å². The Bertz CT molecular complexity index is 1240. The zero-order valence-electron chi connectivity index (χ0n) is 18.3. The molecule has 3 aromatic rings. The van der Waals surface area contributed by atoms with Gasteiger partial charge in [-0.1, -0.05) is 17.8 Å². The predicted octanol–water partition coefficient (Wildman–Crippen LogP) is 3.84. The number of thiazole rings is 1. The summed E-state index contributed by atoms with van der Waals surface area (Å²) in [6.07, 6.45) is 0. The number of rotatable bonds is 8. The highest BCUT2D eigenvalue weighted by Crippen LogP contribution is 2.34. The molecule has 0 unspecified atom stereocenters. The summed E-state index contributed by atoms with van der Waals surface area (Å²) in [6.45, 7) is 5.73. The van der Waals surface area contributed by atoms with Gasteiger partial charge in [0, 0.05) is 18.8 Å². The van der Waals surface area contributed by atoms with Gasteiger partial charge in [0.05, 0.1) is 40.2 Å². The van der Waals surface area contributed by atoms with Crippen molar-refractivity contribution in [2.24, 2.45) is 0 Å². The molecule has 33 heavy (non-hydrogen) atoms. The number of ether oxygens (including phenoxy) is 2. The van der Waals surface area contributed by atoms with Gasteiger partial charge < -0.3 is 14.8 Å². The van der Waals surface area contributed by atoms with Crippen LogP contribution in [0, 0.1) is 0 Å². The maximum Gasteiger partial charge on any atom is 0.243 e. The molecule has 2 aromatic carbocycles. The molecule has 176 valence electrons. The molecular formula is C22H25N3O5S3. The number of hydrogen-bond donors (Lipinski definition) is 1. The van der Waals surface area contributed by atoms with Gasteiger partial charge in [-0.2, -0.15) is 4.31 Å². The molecule has 1 saturated heterocycles. The van der Waals surface area contributed by atoms with E-state index in [-0.39, 0.29) is 10.8 Å². The van der Waals surface area contributed by atoms with Crippen molar-refractivity contribution in [1.29, 1.82) is 0 Å². The molecule has 1 N–H and O–H groups in total. The van der Waals surface area contributed by atoms with E-state index in [1.54, 1.807) is 19.1 Å². The number of anilines is 1. The quantitative estimate of drug-likeness (QED) is 0.463. The summed E-state index contributed by atoms with van der Waals surface area (Å²) >= 11 is 2.87. The van der Waals surface area contributed by atoms with Crippen molar-refractivity contribution in [2.45, 2.75) is 28.3 Å². The minimum atomic E-state index is -3.63. The molecule has 1 aliphatic rings. The Morgan fingerprint density at radius 3 is 2.82 bits per heavy atom. The second kappa shape index (κ2) is 10.4. The molecule has 4 rings (SSSR count). The van der Waals surface area contributed by atoms with Crippen LogP contribution in [0.25, 0.3) is 10.2 Å². The fourth-order valence-corrected chi connectivity index (χ4v) is 7.00. The van der Waals surface area contributed by atoms with Crippen LogP contribution in [-0.4, -0.2) is 61.8 Å². The molecule has 2 heterocycles. The van der Waals surface area contributed by atoms with Crippen molar-refractivity contribution < 1.29 is 22.7 Å². The van der Waals surface area contributed by atoms with Crippen molar-refractivity contribution in [3.8, 4) is 5.75 Å². The molecule has 1 atom stereocenters. The zero-order chi connectivity index (χ0) is 23.4. The third kappa shape index (κ3) is 5.67. The number of hydrogen-bond acceptors (Lipinski definition) is 8. The van der Waals surface area contributed by atoms with E-state index in [1.165, 1.54) is 39.5 Å². The lowest BCUT2D eigenvalue weighted by atomic mass is 10.3. The first kappa shape index (κ1) is 24.0. The Morgan fingerprint density at radius 1 is 1.27 bits per heavy atom. The molecule has 0 spiro atoms. The van der Waals surface area contributed by atoms with Crippen LogP contribution in [0.5, 0.6) is 5.75 Å². The van der Waals surface area contributed by atoms with E-state index in [9.17, 15) is 13.2 Å². The van der Waals surface area contributed by atoms with E-state index in [0.717, 1.165) is 20.3 Å². The van der Waals surface area contributed by atoms with Crippen LogP contribution in [0.1, 0.15) is 13.8 Å². The molecule has 8 nitrogen and oxygen atoms in total. The third-order valence-corrected chi connectivity index (χ3v) is 9.11. The fourth-order valence-electron chi connectivity index (χ4n) is 3.31. The summed E-state index contributed by atoms with van der Waals surface area (Å²) in [5.41, 5.74) is 1.30. The van der Waals surface area contributed by atoms with Gasteiger partial charge in [-0.15, -0.1) is 11.3 Å². The molecule has 0 aliphatic carbocycles. The SMILES string of the molecule is CCOc1ccc2nc(S[C@@H](C)C(=O)Nc3cccc(S(=O)(=O)N4CCOCC4)c3)sc2c1. The largest absolute Gasteiger partial charge is 0.494 e. The lowest BCUT2D eigenvalue weighted by Crippen LogP contribution is -2.40. The van der Waals surface area contributed by atoms with E-state index >= 15 is 0 Å². The summed E-state index contributed by atoms with van der Waals surface area (Å²) in [4.78, 5) is 17.5. The molecule has 0 saturated carbocycles. The number of benzene rings is 2. The van der Waals surface area contributed by atoms with Gasteiger partial charge in [0.15, 0.2) is 4.34 Å². The third-order valence-electron chi connectivity index (χ3n) is 5.01. The Kier molecular flexibility index (Phi) is 7.55. The highest BCUT2D eigenvalue weighted by molar-refractivity contribution is 8.02. The summed E-state index contributed by atoms with van der Waals surface area (Å²) in [5.74, 6) is 0.568. The highest BCUT2D eigenvalue weighted by Gasteiger charge is 2.26. The van der Waals surface area contributed by atoms with Crippen LogP contribution in [0.4, 0.5) is 5.69 Å². The van der Waals surface area contributed by atoms with Gasteiger partial charge in [0.2, 0.25) is 15.9 Å². The minimum Gasteiger partial charge on any atom is -0.494 e. The second-order valence-electron chi connectivity index (χ2n) is 7.34. The van der Waals surface area contributed by atoms with Crippen LogP contribution < -0.4 is 10.1 Å². The number of thioether (sulfide) groups is 1. The van der Waals surface area contributed by atoms with Crippen LogP contribution in [0.2, 0.25) is 0 Å². The minimum absolute atomic E-state index is 0.152. The van der Waals surface area contributed by atoms with Crippen LogP contribution in [0.15, 0.2) is 51.7 Å². The second-order valence-corrected chi connectivity index (χ2v) is 11.9. The summed E-state index contributed by atoms with van der Waals surface area (Å²) in [7, 11) is -3.63. The number of nitrogens with one attached hydrogen (secondary N) is 1. The van der Waals surface area contributed by atoms with E-state index < -0.39 is 15.3 Å². The number of carbonyl (C=O) groups excluding carboxylic acids is 1. The van der Waals surface area contributed by atoms with Crippen molar-refractivity contribution in [2.75, 3.05) is 38.2 Å². The Morgan fingerprint density at radius 2 is 2.06 bits per heavy atom. The maximum absolute atomic E-state index is 12.9. The Balaban J connectivity index is 1.43. The van der Waals surface area contributed by atoms with Crippen LogP contribution >= 0.6 is 23.1 Å². The van der Waals surface area contributed by atoms with Crippen molar-refractivity contribution in [3.05, 3.63) is 42.5 Å². The topological polar surface area (TPSA) is 97.8 Å². The fraction of sp³-hybridized carbons (Fsp3) is 0.364. The number of sulfonamides is 1. The van der Waals surface area contributed by atoms with Crippen LogP contribution in [0.3, 0.4) is 0 Å². The summed E-state index contributed by atoms with van der Waals surface area (Å²) in [6, 6.07) is 12.1. The maximum atomic E-state index is 12.9. The number of aromatic nitrogens is 1. The molecular weight excluding hydrogens is 482 g/mol. The highest BCUT2D eigenvalue weighted by atomic mass is 32.2. The summed E-state index contributed by atoms with van der Waals surface area (Å²) in [5, 5.41) is 2.41. The summed E-state index contributed by atoms with van der Waals surface area (Å²) < 4.78 is 39.7. The number of carbonyl (C=O) groups is 1. The number of fused-ring (bicyclic) bond motifs is 1. The lowest BCUT2D eigenvalue weighted by molar-refractivity contribution is -0.115. The van der Waals surface area contributed by atoms with Gasteiger partial charge in [-0.25, -0.2) is 13.4 Å². The first-order valence-electron chi connectivity index (χ1n) is 10.6. The first-order valence-corrected chi connectivity index (χ1v) is 13.7. The molecule has 1 fully saturated rings. The number of morpholine rings is 1. The van der Waals surface area contributed by atoms with Crippen molar-refractivity contribution in [3.63, 3.8) is 0 Å². The van der Waals surface area contributed by atoms with Crippen molar-refractivity contribution >= 4 is 54.9 Å². The molecule has 11 heteroatoms. The van der Waals surface area contributed by atoms with Gasteiger partial charge in [0.25, 0.3) is 0 Å². The van der Waals surface area contributed by atoms with Gasteiger partial charge in [-0.3, -0.25) is 4.79 Å². The molecule has 1 aliphatic heterocycles. The van der Waals surface area contributed by atoms with E-state index in [4.69, 9.17) is 9.47 Å². The van der Waals surface area contributed by atoms with Gasteiger partial charge >= 0.3 is 0 Å². The average molecular weight is 508 g/mol. The van der Waals surface area contributed by atoms with Crippen LogP contribution in [-0.2, 0) is 19.6 Å². The van der Waals surface area contributed by atoms with Crippen molar-refractivity contribution in [1.82, 2.24) is 9.29 Å².